The maximum Gasteiger partial charge on any atom is 0.160 e. The van der Waals surface area contributed by atoms with Crippen molar-refractivity contribution in [2.24, 2.45) is 11.8 Å². The number of phenolic OH excluding ortho intramolecular Hbond substituents is 1. The van der Waals surface area contributed by atoms with Crippen molar-refractivity contribution in [3.8, 4) is 11.5 Å². The van der Waals surface area contributed by atoms with Gasteiger partial charge in [-0.15, -0.1) is 12.4 Å². The molecule has 2 aliphatic heterocycles. The second-order valence-electron chi connectivity index (χ2n) is 5.38. The van der Waals surface area contributed by atoms with E-state index in [1.54, 1.807) is 7.11 Å². The number of halogens is 1. The van der Waals surface area contributed by atoms with E-state index in [-0.39, 0.29) is 18.2 Å². The Morgan fingerprint density at radius 2 is 2.00 bits per heavy atom. The van der Waals surface area contributed by atoms with E-state index in [9.17, 15) is 5.11 Å². The Balaban J connectivity index is 0.00000133. The van der Waals surface area contributed by atoms with Gasteiger partial charge in [0.25, 0.3) is 0 Å². The molecule has 2 aliphatic rings. The SMILES string of the molecule is COc1ccc(CN2C[C@H]3CNC[C@H]3C2)cc1O.Cl. The largest absolute Gasteiger partial charge is 0.504 e. The topological polar surface area (TPSA) is 44.7 Å². The number of likely N-dealkylation sites (tertiary alicyclic amines) is 1. The first-order valence-electron chi connectivity index (χ1n) is 6.55. The van der Waals surface area contributed by atoms with Gasteiger partial charge in [0.1, 0.15) is 0 Å². The van der Waals surface area contributed by atoms with E-state index < -0.39 is 0 Å². The van der Waals surface area contributed by atoms with E-state index in [2.05, 4.69) is 10.2 Å². The number of methoxy groups -OCH3 is 1. The molecule has 0 unspecified atom stereocenters. The van der Waals surface area contributed by atoms with Gasteiger partial charge in [0.15, 0.2) is 11.5 Å². The Kier molecular flexibility index (Phi) is 4.55. The van der Waals surface area contributed by atoms with Crippen molar-refractivity contribution in [1.82, 2.24) is 10.2 Å². The first-order chi connectivity index (χ1) is 8.76. The summed E-state index contributed by atoms with van der Waals surface area (Å²) in [5.74, 6) is 2.41. The number of benzene rings is 1. The highest BCUT2D eigenvalue weighted by Crippen LogP contribution is 2.30. The van der Waals surface area contributed by atoms with E-state index in [4.69, 9.17) is 4.74 Å². The highest BCUT2D eigenvalue weighted by atomic mass is 35.5. The number of hydrogen-bond donors (Lipinski definition) is 2. The minimum atomic E-state index is 0. The Hall–Kier alpha value is -0.970. The first kappa shape index (κ1) is 14.4. The molecule has 5 heteroatoms. The molecule has 0 aromatic heterocycles. The summed E-state index contributed by atoms with van der Waals surface area (Å²) in [6.45, 7) is 5.59. The predicted octanol–water partition coefficient (Wildman–Crippen LogP) is 1.47. The fourth-order valence-corrected chi connectivity index (χ4v) is 3.17. The molecule has 4 nitrogen and oxygen atoms in total. The summed E-state index contributed by atoms with van der Waals surface area (Å²) in [6, 6.07) is 5.68. The molecule has 1 aromatic carbocycles. The van der Waals surface area contributed by atoms with Crippen LogP contribution in [0.1, 0.15) is 5.56 Å². The maximum atomic E-state index is 9.77. The Labute approximate surface area is 120 Å². The fraction of sp³-hybridized carbons (Fsp3) is 0.571. The molecule has 19 heavy (non-hydrogen) atoms. The van der Waals surface area contributed by atoms with Gasteiger partial charge in [0, 0.05) is 19.6 Å². The van der Waals surface area contributed by atoms with Crippen molar-refractivity contribution in [2.45, 2.75) is 6.54 Å². The Morgan fingerprint density at radius 3 is 2.58 bits per heavy atom. The van der Waals surface area contributed by atoms with Gasteiger partial charge in [-0.2, -0.15) is 0 Å². The molecular formula is C14H21ClN2O2. The lowest BCUT2D eigenvalue weighted by Gasteiger charge is -2.17. The third-order valence-corrected chi connectivity index (χ3v) is 4.11. The van der Waals surface area contributed by atoms with Gasteiger partial charge in [-0.3, -0.25) is 4.90 Å². The van der Waals surface area contributed by atoms with Crippen molar-refractivity contribution in [2.75, 3.05) is 33.3 Å². The molecule has 2 saturated heterocycles. The van der Waals surface area contributed by atoms with Crippen LogP contribution in [0.3, 0.4) is 0 Å². The van der Waals surface area contributed by atoms with Crippen molar-refractivity contribution in [3.05, 3.63) is 23.8 Å². The molecule has 2 N–H and O–H groups in total. The number of aromatic hydroxyl groups is 1. The van der Waals surface area contributed by atoms with Gasteiger partial charge < -0.3 is 15.2 Å². The minimum absolute atomic E-state index is 0. The van der Waals surface area contributed by atoms with Crippen LogP contribution in [0.25, 0.3) is 0 Å². The number of hydrogen-bond acceptors (Lipinski definition) is 4. The van der Waals surface area contributed by atoms with Crippen LogP contribution in [0.15, 0.2) is 18.2 Å². The van der Waals surface area contributed by atoms with Crippen LogP contribution in [0, 0.1) is 11.8 Å². The minimum Gasteiger partial charge on any atom is -0.504 e. The van der Waals surface area contributed by atoms with Crippen LogP contribution < -0.4 is 10.1 Å². The molecule has 2 atom stereocenters. The molecule has 0 radical (unpaired) electrons. The molecule has 1 aromatic rings. The summed E-state index contributed by atoms with van der Waals surface area (Å²) < 4.78 is 5.06. The molecule has 2 fully saturated rings. The molecule has 0 amide bonds. The smallest absolute Gasteiger partial charge is 0.160 e. The van der Waals surface area contributed by atoms with E-state index in [1.165, 1.54) is 13.1 Å². The van der Waals surface area contributed by atoms with Gasteiger partial charge in [-0.25, -0.2) is 0 Å². The maximum absolute atomic E-state index is 9.77. The van der Waals surface area contributed by atoms with Crippen LogP contribution in [-0.2, 0) is 6.54 Å². The lowest BCUT2D eigenvalue weighted by Crippen LogP contribution is -2.25. The monoisotopic (exact) mass is 284 g/mol. The van der Waals surface area contributed by atoms with Crippen LogP contribution in [0.4, 0.5) is 0 Å². The zero-order chi connectivity index (χ0) is 12.5. The van der Waals surface area contributed by atoms with Crippen LogP contribution in [-0.4, -0.2) is 43.3 Å². The number of fused-ring (bicyclic) bond motifs is 1. The molecule has 0 aliphatic carbocycles. The number of nitrogens with zero attached hydrogens (tertiary/aromatic N) is 1. The van der Waals surface area contributed by atoms with E-state index in [0.29, 0.717) is 5.75 Å². The molecule has 0 saturated carbocycles. The highest BCUT2D eigenvalue weighted by molar-refractivity contribution is 5.85. The third-order valence-electron chi connectivity index (χ3n) is 4.11. The summed E-state index contributed by atoms with van der Waals surface area (Å²) in [6.07, 6.45) is 0. The highest BCUT2D eigenvalue weighted by Gasteiger charge is 2.35. The van der Waals surface area contributed by atoms with Gasteiger partial charge in [0.05, 0.1) is 7.11 Å². The number of nitrogens with one attached hydrogen (secondary N) is 1. The van der Waals surface area contributed by atoms with Gasteiger partial charge in [-0.1, -0.05) is 6.07 Å². The lowest BCUT2D eigenvalue weighted by atomic mass is 10.0. The second kappa shape index (κ2) is 5.99. The first-order valence-corrected chi connectivity index (χ1v) is 6.55. The summed E-state index contributed by atoms with van der Waals surface area (Å²) >= 11 is 0. The third kappa shape index (κ3) is 2.96. The number of phenols is 1. The van der Waals surface area contributed by atoms with Crippen molar-refractivity contribution in [3.63, 3.8) is 0 Å². The summed E-state index contributed by atoms with van der Waals surface area (Å²) in [5.41, 5.74) is 1.15. The number of rotatable bonds is 3. The summed E-state index contributed by atoms with van der Waals surface area (Å²) in [4.78, 5) is 2.48. The van der Waals surface area contributed by atoms with Crippen LogP contribution in [0.5, 0.6) is 11.5 Å². The zero-order valence-electron chi connectivity index (χ0n) is 11.1. The average Bonchev–Trinajstić information content (AvgIpc) is 2.90. The second-order valence-corrected chi connectivity index (χ2v) is 5.38. The van der Waals surface area contributed by atoms with Crippen molar-refractivity contribution >= 4 is 12.4 Å². The Morgan fingerprint density at radius 1 is 1.32 bits per heavy atom. The molecule has 0 bridgehead atoms. The van der Waals surface area contributed by atoms with Crippen LogP contribution in [0.2, 0.25) is 0 Å². The van der Waals surface area contributed by atoms with E-state index in [1.807, 2.05) is 18.2 Å². The van der Waals surface area contributed by atoms with E-state index in [0.717, 1.165) is 37.0 Å². The van der Waals surface area contributed by atoms with Crippen molar-refractivity contribution in [1.29, 1.82) is 0 Å². The lowest BCUT2D eigenvalue weighted by molar-refractivity contribution is 0.304. The molecule has 0 spiro atoms. The average molecular weight is 285 g/mol. The predicted molar refractivity (Wildman–Crippen MR) is 77.0 cm³/mol. The summed E-state index contributed by atoms with van der Waals surface area (Å²) in [5, 5.41) is 13.2. The van der Waals surface area contributed by atoms with E-state index >= 15 is 0 Å². The zero-order valence-corrected chi connectivity index (χ0v) is 11.9. The standard InChI is InChI=1S/C14H20N2O2.ClH/c1-18-14-3-2-10(4-13(14)17)7-16-8-11-5-15-6-12(11)9-16;/h2-4,11-12,15,17H,5-9H2,1H3;1H/t11-,12+;. The van der Waals surface area contributed by atoms with Crippen LogP contribution >= 0.6 is 12.4 Å². The normalized spacial score (nSPS) is 25.9. The molecule has 2 heterocycles. The molecule has 106 valence electrons. The fourth-order valence-electron chi connectivity index (χ4n) is 3.17. The molecular weight excluding hydrogens is 264 g/mol. The Bertz CT molecular complexity index is 429. The van der Waals surface area contributed by atoms with Gasteiger partial charge in [0.2, 0.25) is 0 Å². The summed E-state index contributed by atoms with van der Waals surface area (Å²) in [7, 11) is 1.57. The van der Waals surface area contributed by atoms with Gasteiger partial charge in [-0.05, 0) is 42.6 Å². The number of ether oxygens (including phenoxy) is 1. The molecule has 3 rings (SSSR count). The van der Waals surface area contributed by atoms with Crippen molar-refractivity contribution < 1.29 is 9.84 Å². The quantitative estimate of drug-likeness (QED) is 0.882. The van der Waals surface area contributed by atoms with Gasteiger partial charge >= 0.3 is 0 Å².